The molecule has 0 bridgehead atoms. The van der Waals surface area contributed by atoms with Gasteiger partial charge in [-0.15, -0.1) is 26.3 Å². The molecule has 240 valence electrons. The SMILES string of the molecule is NC(=O)c1c(F)ccc(N(CCCCOc2ccc(OC(F)(F)F)cc2)CCCCOc2ccc(OC(F)(F)F)cc2)c1F. The van der Waals surface area contributed by atoms with Crippen LogP contribution >= 0.6 is 0 Å². The number of hydrogen-bond acceptors (Lipinski definition) is 6. The van der Waals surface area contributed by atoms with Crippen LogP contribution in [0.4, 0.5) is 40.8 Å². The normalized spacial score (nSPS) is 11.6. The largest absolute Gasteiger partial charge is 0.573 e. The molecule has 2 N–H and O–H groups in total. The van der Waals surface area contributed by atoms with Crippen LogP contribution in [0.25, 0.3) is 0 Å². The number of alkyl halides is 6. The van der Waals surface area contributed by atoms with E-state index in [9.17, 15) is 35.5 Å². The molecule has 0 atom stereocenters. The Morgan fingerprint density at radius 1 is 0.636 bits per heavy atom. The number of rotatable bonds is 16. The molecule has 0 heterocycles. The summed E-state index contributed by atoms with van der Waals surface area (Å²) in [6, 6.07) is 11.9. The van der Waals surface area contributed by atoms with E-state index < -0.39 is 47.3 Å². The molecule has 0 saturated heterocycles. The van der Waals surface area contributed by atoms with Gasteiger partial charge in [0.25, 0.3) is 5.91 Å². The molecule has 0 saturated carbocycles. The zero-order valence-electron chi connectivity index (χ0n) is 23.0. The third-order valence-electron chi connectivity index (χ3n) is 5.95. The van der Waals surface area contributed by atoms with Crippen molar-refractivity contribution in [3.05, 3.63) is 77.9 Å². The fraction of sp³-hybridized carbons (Fsp3) is 0.345. The summed E-state index contributed by atoms with van der Waals surface area (Å²) in [5, 5.41) is 0. The maximum atomic E-state index is 15.1. The minimum Gasteiger partial charge on any atom is -0.494 e. The fourth-order valence-corrected chi connectivity index (χ4v) is 4.03. The first-order chi connectivity index (χ1) is 20.7. The first-order valence-electron chi connectivity index (χ1n) is 13.2. The van der Waals surface area contributed by atoms with Gasteiger partial charge in [-0.25, -0.2) is 8.78 Å². The van der Waals surface area contributed by atoms with Crippen molar-refractivity contribution in [2.24, 2.45) is 5.73 Å². The zero-order chi connectivity index (χ0) is 32.3. The van der Waals surface area contributed by atoms with Gasteiger partial charge in [-0.2, -0.15) is 0 Å². The Balaban J connectivity index is 1.53. The van der Waals surface area contributed by atoms with Crippen LogP contribution < -0.4 is 29.6 Å². The van der Waals surface area contributed by atoms with Gasteiger partial charge in [0, 0.05) is 13.1 Å². The molecule has 0 radical (unpaired) electrons. The Morgan fingerprint density at radius 3 is 1.43 bits per heavy atom. The standard InChI is InChI=1S/C29H28F8N2O5/c30-23-13-14-24(26(31)25(23)27(38)40)39(15-1-3-17-41-19-5-9-21(10-6-19)43-28(32,33)34)16-2-4-18-42-20-7-11-22(12-8-20)44-29(35,36)37/h5-14H,1-4,15-18H2,(H2,38,40). The highest BCUT2D eigenvalue weighted by molar-refractivity contribution is 5.94. The highest BCUT2D eigenvalue weighted by Crippen LogP contribution is 2.28. The molecule has 0 unspecified atom stereocenters. The zero-order valence-corrected chi connectivity index (χ0v) is 23.0. The topological polar surface area (TPSA) is 83.3 Å². The summed E-state index contributed by atoms with van der Waals surface area (Å²) < 4.78 is 122. The summed E-state index contributed by atoms with van der Waals surface area (Å²) in [5.41, 5.74) is 4.25. The van der Waals surface area contributed by atoms with Gasteiger partial charge in [0.05, 0.1) is 18.9 Å². The molecule has 3 aromatic carbocycles. The molecular weight excluding hydrogens is 608 g/mol. The van der Waals surface area contributed by atoms with Crippen LogP contribution in [0, 0.1) is 11.6 Å². The van der Waals surface area contributed by atoms with E-state index in [1.54, 1.807) is 4.90 Å². The first-order valence-corrected chi connectivity index (χ1v) is 13.2. The molecule has 0 aliphatic heterocycles. The average Bonchev–Trinajstić information content (AvgIpc) is 2.92. The van der Waals surface area contributed by atoms with Crippen LogP contribution in [0.15, 0.2) is 60.7 Å². The quantitative estimate of drug-likeness (QED) is 0.131. The Labute approximate surface area is 247 Å². The van der Waals surface area contributed by atoms with Crippen LogP contribution in [-0.2, 0) is 0 Å². The second kappa shape index (κ2) is 15.3. The lowest BCUT2D eigenvalue weighted by Gasteiger charge is -2.26. The van der Waals surface area contributed by atoms with E-state index in [0.29, 0.717) is 37.2 Å². The van der Waals surface area contributed by atoms with Crippen molar-refractivity contribution in [3.63, 3.8) is 0 Å². The predicted octanol–water partition coefficient (Wildman–Crippen LogP) is 7.39. The van der Waals surface area contributed by atoms with E-state index in [0.717, 1.165) is 30.3 Å². The minimum absolute atomic E-state index is 0.0393. The maximum Gasteiger partial charge on any atom is 0.573 e. The van der Waals surface area contributed by atoms with Gasteiger partial charge in [0.1, 0.15) is 34.4 Å². The Hall–Kier alpha value is -4.43. The van der Waals surface area contributed by atoms with Crippen LogP contribution in [0.1, 0.15) is 36.0 Å². The minimum atomic E-state index is -4.81. The number of primary amides is 1. The number of nitrogens with zero attached hydrogens (tertiary/aromatic N) is 1. The molecule has 3 aromatic rings. The summed E-state index contributed by atoms with van der Waals surface area (Å²) >= 11 is 0. The number of unbranched alkanes of at least 4 members (excludes halogenated alkanes) is 2. The number of halogens is 8. The van der Waals surface area contributed by atoms with Gasteiger partial charge < -0.3 is 29.6 Å². The Bertz CT molecular complexity index is 1280. The van der Waals surface area contributed by atoms with Gasteiger partial charge in [-0.05, 0) is 86.3 Å². The average molecular weight is 637 g/mol. The predicted molar refractivity (Wildman–Crippen MR) is 143 cm³/mol. The van der Waals surface area contributed by atoms with Crippen LogP contribution in [-0.4, -0.2) is 44.9 Å². The number of benzene rings is 3. The second-order valence-corrected chi connectivity index (χ2v) is 9.26. The maximum absolute atomic E-state index is 15.1. The lowest BCUT2D eigenvalue weighted by Crippen LogP contribution is -2.28. The van der Waals surface area contributed by atoms with Crippen LogP contribution in [0.3, 0.4) is 0 Å². The van der Waals surface area contributed by atoms with Gasteiger partial charge in [0.2, 0.25) is 0 Å². The number of ether oxygens (including phenoxy) is 4. The van der Waals surface area contributed by atoms with E-state index in [-0.39, 0.29) is 32.0 Å². The van der Waals surface area contributed by atoms with Gasteiger partial charge in [0.15, 0.2) is 5.82 Å². The highest BCUT2D eigenvalue weighted by atomic mass is 19.4. The number of hydrogen-bond donors (Lipinski definition) is 1. The Kier molecular flexibility index (Phi) is 11.9. The van der Waals surface area contributed by atoms with E-state index in [1.165, 1.54) is 30.3 Å². The van der Waals surface area contributed by atoms with Gasteiger partial charge in [-0.3, -0.25) is 4.79 Å². The van der Waals surface area contributed by atoms with E-state index >= 15 is 4.39 Å². The molecular formula is C29H28F8N2O5. The molecule has 3 rings (SSSR count). The van der Waals surface area contributed by atoms with Crippen LogP contribution in [0.5, 0.6) is 23.0 Å². The summed E-state index contributed by atoms with van der Waals surface area (Å²) in [6.07, 6.45) is -7.79. The summed E-state index contributed by atoms with van der Waals surface area (Å²) in [6.45, 7) is 0.910. The molecule has 44 heavy (non-hydrogen) atoms. The van der Waals surface area contributed by atoms with Crippen molar-refractivity contribution in [3.8, 4) is 23.0 Å². The van der Waals surface area contributed by atoms with Crippen molar-refractivity contribution >= 4 is 11.6 Å². The lowest BCUT2D eigenvalue weighted by atomic mass is 10.1. The summed E-state index contributed by atoms with van der Waals surface area (Å²) in [4.78, 5) is 13.2. The van der Waals surface area contributed by atoms with E-state index in [4.69, 9.17) is 15.2 Å². The number of anilines is 1. The third-order valence-corrected chi connectivity index (χ3v) is 5.95. The molecule has 0 aliphatic rings. The molecule has 0 aliphatic carbocycles. The van der Waals surface area contributed by atoms with Crippen molar-refractivity contribution in [2.45, 2.75) is 38.4 Å². The second-order valence-electron chi connectivity index (χ2n) is 9.26. The summed E-state index contributed by atoms with van der Waals surface area (Å²) in [5.74, 6) is -3.62. The van der Waals surface area contributed by atoms with Crippen molar-refractivity contribution in [1.82, 2.24) is 0 Å². The Morgan fingerprint density at radius 2 is 1.05 bits per heavy atom. The van der Waals surface area contributed by atoms with Crippen molar-refractivity contribution in [1.29, 1.82) is 0 Å². The van der Waals surface area contributed by atoms with Crippen molar-refractivity contribution < 1.29 is 58.9 Å². The monoisotopic (exact) mass is 636 g/mol. The molecule has 0 spiro atoms. The number of carbonyl (C=O) groups excluding carboxylic acids is 1. The number of amides is 1. The van der Waals surface area contributed by atoms with Crippen LogP contribution in [0.2, 0.25) is 0 Å². The van der Waals surface area contributed by atoms with Crippen molar-refractivity contribution in [2.75, 3.05) is 31.2 Å². The molecule has 15 heteroatoms. The van der Waals surface area contributed by atoms with Gasteiger partial charge >= 0.3 is 12.7 Å². The van der Waals surface area contributed by atoms with E-state index in [2.05, 4.69) is 9.47 Å². The lowest BCUT2D eigenvalue weighted by molar-refractivity contribution is -0.275. The highest BCUT2D eigenvalue weighted by Gasteiger charge is 2.31. The van der Waals surface area contributed by atoms with E-state index in [1.807, 2.05) is 0 Å². The molecule has 0 fully saturated rings. The number of nitrogens with two attached hydrogens (primary N) is 1. The third kappa shape index (κ3) is 11.3. The summed E-state index contributed by atoms with van der Waals surface area (Å²) in [7, 11) is 0. The smallest absolute Gasteiger partial charge is 0.494 e. The molecule has 1 amide bonds. The van der Waals surface area contributed by atoms with Gasteiger partial charge in [-0.1, -0.05) is 0 Å². The first kappa shape index (κ1) is 34.1. The fourth-order valence-electron chi connectivity index (χ4n) is 4.03. The molecule has 7 nitrogen and oxygen atoms in total. The molecule has 0 aromatic heterocycles. The number of carbonyl (C=O) groups is 1.